The van der Waals surface area contributed by atoms with Crippen LogP contribution >= 0.6 is 15.9 Å². The first-order chi connectivity index (χ1) is 11.2. The van der Waals surface area contributed by atoms with E-state index in [-0.39, 0.29) is 5.78 Å². The number of hydrogen-bond donors (Lipinski definition) is 0. The highest BCUT2D eigenvalue weighted by molar-refractivity contribution is 9.10. The number of hydrogen-bond acceptors (Lipinski definition) is 2. The predicted molar refractivity (Wildman–Crippen MR) is 93.2 cm³/mol. The van der Waals surface area contributed by atoms with E-state index < -0.39 is 5.60 Å². The largest absolute Gasteiger partial charge is 0.478 e. The van der Waals surface area contributed by atoms with Gasteiger partial charge in [-0.1, -0.05) is 52.3 Å². The third-order valence-electron chi connectivity index (χ3n) is 4.97. The van der Waals surface area contributed by atoms with Crippen LogP contribution in [-0.2, 0) is 12.8 Å². The summed E-state index contributed by atoms with van der Waals surface area (Å²) in [6.07, 6.45) is 1.31. The molecule has 0 amide bonds. The van der Waals surface area contributed by atoms with Crippen LogP contribution in [0.5, 0.6) is 5.75 Å². The fraction of sp³-hybridized carbons (Fsp3) is 0.150. The van der Waals surface area contributed by atoms with Crippen LogP contribution in [0.15, 0.2) is 59.1 Å². The van der Waals surface area contributed by atoms with E-state index in [1.165, 1.54) is 10.8 Å². The zero-order valence-electron chi connectivity index (χ0n) is 12.3. The van der Waals surface area contributed by atoms with Gasteiger partial charge in [0.15, 0.2) is 5.60 Å². The zero-order chi connectivity index (χ0) is 15.6. The maximum Gasteiger partial charge on any atom is 0.207 e. The molecule has 1 aliphatic carbocycles. The minimum atomic E-state index is -0.743. The van der Waals surface area contributed by atoms with Crippen LogP contribution in [0.4, 0.5) is 0 Å². The normalized spacial score (nSPS) is 21.5. The lowest BCUT2D eigenvalue weighted by atomic mass is 9.91. The van der Waals surface area contributed by atoms with Crippen molar-refractivity contribution >= 4 is 32.5 Å². The van der Waals surface area contributed by atoms with Crippen molar-refractivity contribution < 1.29 is 9.53 Å². The van der Waals surface area contributed by atoms with Crippen LogP contribution in [0, 0.1) is 0 Å². The van der Waals surface area contributed by atoms with Crippen LogP contribution in [0.1, 0.15) is 21.5 Å². The smallest absolute Gasteiger partial charge is 0.207 e. The van der Waals surface area contributed by atoms with E-state index >= 15 is 0 Å². The molecular formula is C20H13BrO2. The number of ketones is 1. The molecule has 5 rings (SSSR count). The molecule has 0 bridgehead atoms. The third kappa shape index (κ3) is 1.77. The summed E-state index contributed by atoms with van der Waals surface area (Å²) in [4.78, 5) is 12.9. The number of ether oxygens (including phenoxy) is 1. The lowest BCUT2D eigenvalue weighted by Gasteiger charge is -2.20. The molecule has 0 fully saturated rings. The van der Waals surface area contributed by atoms with Crippen LogP contribution in [0.2, 0.25) is 0 Å². The molecule has 1 heterocycles. The zero-order valence-corrected chi connectivity index (χ0v) is 13.9. The Morgan fingerprint density at radius 1 is 1.00 bits per heavy atom. The van der Waals surface area contributed by atoms with Crippen LogP contribution < -0.4 is 4.74 Å². The quantitative estimate of drug-likeness (QED) is 0.577. The second-order valence-corrected chi connectivity index (χ2v) is 7.26. The van der Waals surface area contributed by atoms with Gasteiger partial charge < -0.3 is 4.74 Å². The topological polar surface area (TPSA) is 26.3 Å². The van der Waals surface area contributed by atoms with E-state index in [1.54, 1.807) is 0 Å². The Morgan fingerprint density at radius 3 is 2.74 bits per heavy atom. The number of carbonyl (C=O) groups is 1. The lowest BCUT2D eigenvalue weighted by Crippen LogP contribution is -2.41. The summed E-state index contributed by atoms with van der Waals surface area (Å²) in [6.45, 7) is 0. The first-order valence-electron chi connectivity index (χ1n) is 7.69. The van der Waals surface area contributed by atoms with Gasteiger partial charge in [-0.2, -0.15) is 0 Å². The second-order valence-electron chi connectivity index (χ2n) is 6.34. The number of halogens is 1. The monoisotopic (exact) mass is 364 g/mol. The molecule has 3 aromatic carbocycles. The number of Topliss-reactive ketones (excluding diaryl/α,β-unsaturated/α-hetero) is 1. The van der Waals surface area contributed by atoms with Crippen LogP contribution in [0.25, 0.3) is 10.8 Å². The molecule has 1 aliphatic heterocycles. The molecule has 1 spiro atoms. The molecule has 1 unspecified atom stereocenters. The second kappa shape index (κ2) is 4.45. The summed E-state index contributed by atoms with van der Waals surface area (Å²) in [5.41, 5.74) is 2.31. The molecule has 2 nitrogen and oxygen atoms in total. The highest BCUT2D eigenvalue weighted by Crippen LogP contribution is 2.46. The summed E-state index contributed by atoms with van der Waals surface area (Å²) in [6, 6.07) is 18.2. The van der Waals surface area contributed by atoms with Gasteiger partial charge in [0, 0.05) is 28.4 Å². The molecule has 0 radical (unpaired) electrons. The molecule has 23 heavy (non-hydrogen) atoms. The van der Waals surface area contributed by atoms with Gasteiger partial charge >= 0.3 is 0 Å². The summed E-state index contributed by atoms with van der Waals surface area (Å²) >= 11 is 3.52. The van der Waals surface area contributed by atoms with Crippen molar-refractivity contribution in [1.29, 1.82) is 0 Å². The number of fused-ring (bicyclic) bond motifs is 4. The van der Waals surface area contributed by atoms with Gasteiger partial charge in [-0.15, -0.1) is 0 Å². The van der Waals surface area contributed by atoms with E-state index in [9.17, 15) is 4.79 Å². The maximum atomic E-state index is 12.9. The van der Waals surface area contributed by atoms with Crippen molar-refractivity contribution in [3.63, 3.8) is 0 Å². The SMILES string of the molecule is O=C1c2ccccc2CC12Cc1c(ccc3cc(Br)ccc13)O2. The van der Waals surface area contributed by atoms with E-state index in [0.29, 0.717) is 12.8 Å². The van der Waals surface area contributed by atoms with Gasteiger partial charge in [0.2, 0.25) is 5.78 Å². The van der Waals surface area contributed by atoms with Gasteiger partial charge in [0.05, 0.1) is 0 Å². The number of carbonyl (C=O) groups excluding carboxylic acids is 1. The van der Waals surface area contributed by atoms with Gasteiger partial charge in [-0.3, -0.25) is 4.79 Å². The van der Waals surface area contributed by atoms with E-state index in [2.05, 4.69) is 34.1 Å². The number of benzene rings is 3. The summed E-state index contributed by atoms with van der Waals surface area (Å²) < 4.78 is 7.29. The molecule has 1 atom stereocenters. The lowest BCUT2D eigenvalue weighted by molar-refractivity contribution is 0.0583. The first kappa shape index (κ1) is 13.3. The van der Waals surface area contributed by atoms with Crippen molar-refractivity contribution in [2.24, 2.45) is 0 Å². The molecule has 0 aromatic heterocycles. The highest BCUT2D eigenvalue weighted by Gasteiger charge is 2.51. The van der Waals surface area contributed by atoms with Gasteiger partial charge in [-0.25, -0.2) is 0 Å². The van der Waals surface area contributed by atoms with Crippen LogP contribution in [0.3, 0.4) is 0 Å². The molecule has 0 saturated carbocycles. The molecular weight excluding hydrogens is 352 g/mol. The Kier molecular flexibility index (Phi) is 2.58. The molecule has 112 valence electrons. The maximum absolute atomic E-state index is 12.9. The van der Waals surface area contributed by atoms with Gasteiger partial charge in [-0.05, 0) is 34.5 Å². The van der Waals surface area contributed by atoms with Crippen molar-refractivity contribution in [3.05, 3.63) is 75.8 Å². The summed E-state index contributed by atoms with van der Waals surface area (Å²) in [5.74, 6) is 0.968. The van der Waals surface area contributed by atoms with E-state index in [4.69, 9.17) is 4.74 Å². The van der Waals surface area contributed by atoms with E-state index in [0.717, 1.165) is 26.9 Å². The van der Waals surface area contributed by atoms with Gasteiger partial charge in [0.1, 0.15) is 5.75 Å². The molecule has 0 saturated heterocycles. The minimum absolute atomic E-state index is 0.120. The first-order valence-corrected chi connectivity index (χ1v) is 8.48. The Labute approximate surface area is 142 Å². The van der Waals surface area contributed by atoms with Crippen molar-refractivity contribution in [3.8, 4) is 5.75 Å². The molecule has 0 N–H and O–H groups in total. The predicted octanol–water partition coefficient (Wildman–Crippen LogP) is 4.72. The molecule has 2 aliphatic rings. The Hall–Kier alpha value is -2.13. The minimum Gasteiger partial charge on any atom is -0.478 e. The van der Waals surface area contributed by atoms with E-state index in [1.807, 2.05) is 36.4 Å². The standard InChI is InChI=1S/C20H13BrO2/c21-14-6-7-15-12(9-14)5-8-18-17(15)11-20(23-18)10-13-3-1-2-4-16(13)19(20)22/h1-9H,10-11H2. The Morgan fingerprint density at radius 2 is 1.87 bits per heavy atom. The average Bonchev–Trinajstić information content (AvgIpc) is 3.06. The van der Waals surface area contributed by atoms with Crippen LogP contribution in [-0.4, -0.2) is 11.4 Å². The molecule has 3 aromatic rings. The third-order valence-corrected chi connectivity index (χ3v) is 5.46. The Balaban J connectivity index is 1.65. The average molecular weight is 365 g/mol. The fourth-order valence-corrected chi connectivity index (χ4v) is 4.29. The fourth-order valence-electron chi connectivity index (χ4n) is 3.91. The summed E-state index contributed by atoms with van der Waals surface area (Å²) in [5, 5.41) is 2.34. The van der Waals surface area contributed by atoms with Crippen molar-refractivity contribution in [2.45, 2.75) is 18.4 Å². The Bertz CT molecular complexity index is 992. The summed E-state index contributed by atoms with van der Waals surface area (Å²) in [7, 11) is 0. The number of rotatable bonds is 0. The van der Waals surface area contributed by atoms with Crippen molar-refractivity contribution in [2.75, 3.05) is 0 Å². The highest BCUT2D eigenvalue weighted by atomic mass is 79.9. The van der Waals surface area contributed by atoms with Crippen molar-refractivity contribution in [1.82, 2.24) is 0 Å². The molecule has 3 heteroatoms. The van der Waals surface area contributed by atoms with Gasteiger partial charge in [0.25, 0.3) is 0 Å².